The molecule has 2 nitrogen and oxygen atoms in total. The SMILES string of the molecule is CC1COC(C)(CC(C)(C)CO)C1. The van der Waals surface area contributed by atoms with E-state index in [1.807, 2.05) is 0 Å². The zero-order chi connectivity index (χ0) is 10.1. The van der Waals surface area contributed by atoms with Crippen LogP contribution in [0.5, 0.6) is 0 Å². The summed E-state index contributed by atoms with van der Waals surface area (Å²) in [6, 6.07) is 0. The highest BCUT2D eigenvalue weighted by Crippen LogP contribution is 2.38. The normalized spacial score (nSPS) is 35.3. The molecule has 0 radical (unpaired) electrons. The van der Waals surface area contributed by atoms with E-state index in [1.54, 1.807) is 0 Å². The summed E-state index contributed by atoms with van der Waals surface area (Å²) in [4.78, 5) is 0. The van der Waals surface area contributed by atoms with E-state index in [-0.39, 0.29) is 17.6 Å². The van der Waals surface area contributed by atoms with Gasteiger partial charge in [0.25, 0.3) is 0 Å². The van der Waals surface area contributed by atoms with Gasteiger partial charge in [-0.1, -0.05) is 20.8 Å². The topological polar surface area (TPSA) is 29.5 Å². The fraction of sp³-hybridized carbons (Fsp3) is 1.00. The van der Waals surface area contributed by atoms with Gasteiger partial charge in [-0.25, -0.2) is 0 Å². The van der Waals surface area contributed by atoms with Gasteiger partial charge in [-0.05, 0) is 31.1 Å². The molecule has 2 atom stereocenters. The summed E-state index contributed by atoms with van der Waals surface area (Å²) in [6.07, 6.45) is 2.07. The van der Waals surface area contributed by atoms with E-state index in [9.17, 15) is 5.11 Å². The molecule has 1 aliphatic heterocycles. The number of aliphatic hydroxyl groups excluding tert-OH is 1. The molecule has 0 saturated carbocycles. The number of hydrogen-bond acceptors (Lipinski definition) is 2. The first-order chi connectivity index (χ1) is 5.87. The van der Waals surface area contributed by atoms with Crippen molar-refractivity contribution in [3.8, 4) is 0 Å². The van der Waals surface area contributed by atoms with Gasteiger partial charge in [-0.3, -0.25) is 0 Å². The number of aliphatic hydroxyl groups is 1. The summed E-state index contributed by atoms with van der Waals surface area (Å²) < 4.78 is 5.78. The maximum Gasteiger partial charge on any atom is 0.0664 e. The van der Waals surface area contributed by atoms with Gasteiger partial charge in [-0.15, -0.1) is 0 Å². The van der Waals surface area contributed by atoms with E-state index in [1.165, 1.54) is 0 Å². The minimum atomic E-state index is -0.0151. The molecular weight excluding hydrogens is 164 g/mol. The highest BCUT2D eigenvalue weighted by molar-refractivity contribution is 4.88. The highest BCUT2D eigenvalue weighted by Gasteiger charge is 2.38. The predicted octanol–water partition coefficient (Wildman–Crippen LogP) is 2.21. The lowest BCUT2D eigenvalue weighted by Crippen LogP contribution is -2.33. The van der Waals surface area contributed by atoms with Crippen LogP contribution in [-0.4, -0.2) is 23.9 Å². The summed E-state index contributed by atoms with van der Waals surface area (Å²) >= 11 is 0. The van der Waals surface area contributed by atoms with Crippen LogP contribution in [0.25, 0.3) is 0 Å². The summed E-state index contributed by atoms with van der Waals surface area (Å²) in [6.45, 7) is 9.67. The Morgan fingerprint density at radius 1 is 1.54 bits per heavy atom. The Labute approximate surface area is 81.3 Å². The second-order valence-corrected chi connectivity index (χ2v) is 5.57. The molecule has 1 saturated heterocycles. The molecule has 2 unspecified atom stereocenters. The van der Waals surface area contributed by atoms with Crippen LogP contribution in [0, 0.1) is 11.3 Å². The predicted molar refractivity (Wildman–Crippen MR) is 53.6 cm³/mol. The van der Waals surface area contributed by atoms with Gasteiger partial charge in [0, 0.05) is 13.2 Å². The Bertz CT molecular complexity index is 177. The van der Waals surface area contributed by atoms with Gasteiger partial charge in [-0.2, -0.15) is 0 Å². The van der Waals surface area contributed by atoms with Crippen LogP contribution < -0.4 is 0 Å². The fourth-order valence-electron chi connectivity index (χ4n) is 2.39. The third-order valence-corrected chi connectivity index (χ3v) is 2.78. The zero-order valence-electron chi connectivity index (χ0n) is 9.26. The van der Waals surface area contributed by atoms with Gasteiger partial charge in [0.2, 0.25) is 0 Å². The van der Waals surface area contributed by atoms with Crippen molar-refractivity contribution < 1.29 is 9.84 Å². The van der Waals surface area contributed by atoms with E-state index in [0.29, 0.717) is 5.92 Å². The van der Waals surface area contributed by atoms with Crippen LogP contribution in [0.3, 0.4) is 0 Å². The Morgan fingerprint density at radius 2 is 2.15 bits per heavy atom. The minimum absolute atomic E-state index is 0.00829. The van der Waals surface area contributed by atoms with Crippen molar-refractivity contribution in [2.24, 2.45) is 11.3 Å². The molecule has 78 valence electrons. The third kappa shape index (κ3) is 2.96. The third-order valence-electron chi connectivity index (χ3n) is 2.78. The highest BCUT2D eigenvalue weighted by atomic mass is 16.5. The molecule has 0 bridgehead atoms. The van der Waals surface area contributed by atoms with Crippen molar-refractivity contribution in [2.75, 3.05) is 13.2 Å². The van der Waals surface area contributed by atoms with Crippen LogP contribution in [0.2, 0.25) is 0 Å². The zero-order valence-corrected chi connectivity index (χ0v) is 9.26. The fourth-order valence-corrected chi connectivity index (χ4v) is 2.39. The van der Waals surface area contributed by atoms with Crippen molar-refractivity contribution >= 4 is 0 Å². The molecular formula is C11H22O2. The maximum atomic E-state index is 9.18. The second kappa shape index (κ2) is 3.58. The number of ether oxygens (including phenoxy) is 1. The molecule has 1 rings (SSSR count). The van der Waals surface area contributed by atoms with Gasteiger partial charge in [0.1, 0.15) is 0 Å². The van der Waals surface area contributed by atoms with E-state index < -0.39 is 0 Å². The smallest absolute Gasteiger partial charge is 0.0664 e. The molecule has 0 aliphatic carbocycles. The van der Waals surface area contributed by atoms with E-state index in [4.69, 9.17) is 4.74 Å². The van der Waals surface area contributed by atoms with Gasteiger partial charge in [0.05, 0.1) is 5.60 Å². The van der Waals surface area contributed by atoms with Gasteiger partial charge >= 0.3 is 0 Å². The quantitative estimate of drug-likeness (QED) is 0.732. The van der Waals surface area contributed by atoms with Crippen molar-refractivity contribution in [1.29, 1.82) is 0 Å². The molecule has 1 fully saturated rings. The van der Waals surface area contributed by atoms with Crippen LogP contribution >= 0.6 is 0 Å². The molecule has 0 aromatic rings. The Kier molecular flexibility index (Phi) is 3.03. The van der Waals surface area contributed by atoms with Crippen LogP contribution in [0.4, 0.5) is 0 Å². The van der Waals surface area contributed by atoms with E-state index >= 15 is 0 Å². The van der Waals surface area contributed by atoms with Crippen LogP contribution in [0.1, 0.15) is 40.5 Å². The maximum absolute atomic E-state index is 9.18. The monoisotopic (exact) mass is 186 g/mol. The molecule has 0 spiro atoms. The Morgan fingerprint density at radius 3 is 2.54 bits per heavy atom. The van der Waals surface area contributed by atoms with Gasteiger partial charge < -0.3 is 9.84 Å². The lowest BCUT2D eigenvalue weighted by Gasteiger charge is -2.32. The summed E-state index contributed by atoms with van der Waals surface area (Å²) in [5, 5.41) is 9.18. The Hall–Kier alpha value is -0.0800. The van der Waals surface area contributed by atoms with Crippen molar-refractivity contribution in [2.45, 2.75) is 46.1 Å². The average Bonchev–Trinajstić information content (AvgIpc) is 2.30. The second-order valence-electron chi connectivity index (χ2n) is 5.57. The van der Waals surface area contributed by atoms with Crippen LogP contribution in [-0.2, 0) is 4.74 Å². The first-order valence-corrected chi connectivity index (χ1v) is 5.12. The molecule has 1 N–H and O–H groups in total. The van der Waals surface area contributed by atoms with Crippen molar-refractivity contribution in [3.05, 3.63) is 0 Å². The number of rotatable bonds is 3. The van der Waals surface area contributed by atoms with Crippen molar-refractivity contribution in [3.63, 3.8) is 0 Å². The molecule has 1 heterocycles. The van der Waals surface area contributed by atoms with E-state index in [0.717, 1.165) is 19.4 Å². The lowest BCUT2D eigenvalue weighted by molar-refractivity contribution is -0.0264. The minimum Gasteiger partial charge on any atom is -0.396 e. The summed E-state index contributed by atoms with van der Waals surface area (Å²) in [5.41, 5.74) is -0.0234. The largest absolute Gasteiger partial charge is 0.396 e. The molecule has 0 aromatic heterocycles. The number of hydrogen-bond donors (Lipinski definition) is 1. The molecule has 1 aliphatic rings. The molecule has 0 aromatic carbocycles. The molecule has 13 heavy (non-hydrogen) atoms. The standard InChI is InChI=1S/C11H22O2/c1-9-5-11(4,13-6-9)7-10(2,3)8-12/h9,12H,5-8H2,1-4H3. The summed E-state index contributed by atoms with van der Waals surface area (Å²) in [7, 11) is 0. The first-order valence-electron chi connectivity index (χ1n) is 5.12. The summed E-state index contributed by atoms with van der Waals surface area (Å²) in [5.74, 6) is 0.666. The first kappa shape index (κ1) is 11.0. The Balaban J connectivity index is 2.53. The average molecular weight is 186 g/mol. The molecule has 0 amide bonds. The van der Waals surface area contributed by atoms with E-state index in [2.05, 4.69) is 27.7 Å². The molecule has 2 heteroatoms. The van der Waals surface area contributed by atoms with Crippen LogP contribution in [0.15, 0.2) is 0 Å². The lowest BCUT2D eigenvalue weighted by atomic mass is 9.79. The van der Waals surface area contributed by atoms with Crippen molar-refractivity contribution in [1.82, 2.24) is 0 Å². The van der Waals surface area contributed by atoms with Gasteiger partial charge in [0.15, 0.2) is 0 Å².